The van der Waals surface area contributed by atoms with Gasteiger partial charge in [0.25, 0.3) is 0 Å². The molecule has 108 valence electrons. The van der Waals surface area contributed by atoms with E-state index in [2.05, 4.69) is 47.8 Å². The summed E-state index contributed by atoms with van der Waals surface area (Å²) in [6.45, 7) is 7.78. The fraction of sp³-hybridized carbons (Fsp3) is 0.467. The molecule has 20 heavy (non-hydrogen) atoms. The second kappa shape index (κ2) is 7.24. The number of para-hydroxylation sites is 1. The van der Waals surface area contributed by atoms with Crippen molar-refractivity contribution in [1.82, 2.24) is 9.59 Å². The summed E-state index contributed by atoms with van der Waals surface area (Å²) in [5.41, 5.74) is 2.12. The van der Waals surface area contributed by atoms with Gasteiger partial charge in [-0.2, -0.15) is 0 Å². The van der Waals surface area contributed by atoms with Gasteiger partial charge in [-0.1, -0.05) is 36.5 Å². The number of hydrogen-bond donors (Lipinski definition) is 1. The van der Waals surface area contributed by atoms with Crippen LogP contribution in [-0.2, 0) is 6.61 Å². The first-order chi connectivity index (χ1) is 9.76. The van der Waals surface area contributed by atoms with Gasteiger partial charge in [-0.05, 0) is 30.9 Å². The zero-order chi connectivity index (χ0) is 14.4. The van der Waals surface area contributed by atoms with Crippen LogP contribution in [0.3, 0.4) is 0 Å². The van der Waals surface area contributed by atoms with Gasteiger partial charge < -0.3 is 10.1 Å². The van der Waals surface area contributed by atoms with Crippen molar-refractivity contribution in [3.8, 4) is 5.75 Å². The quantitative estimate of drug-likeness (QED) is 0.835. The number of nitrogens with zero attached hydrogens (tertiary/aromatic N) is 2. The van der Waals surface area contributed by atoms with Crippen LogP contribution in [0.2, 0.25) is 0 Å². The molecule has 0 radical (unpaired) electrons. The molecule has 2 aromatic rings. The van der Waals surface area contributed by atoms with Gasteiger partial charge >= 0.3 is 0 Å². The molecule has 1 atom stereocenters. The Hall–Kier alpha value is -1.62. The smallest absolute Gasteiger partial charge is 0.136 e. The molecule has 4 nitrogen and oxygen atoms in total. The van der Waals surface area contributed by atoms with Gasteiger partial charge in [0.1, 0.15) is 23.1 Å². The molecular formula is C15H21N3OS. The predicted molar refractivity (Wildman–Crippen MR) is 83.6 cm³/mol. The molecule has 5 heteroatoms. The molecule has 0 amide bonds. The molecule has 1 unspecified atom stereocenters. The highest BCUT2D eigenvalue weighted by Gasteiger charge is 2.12. The Kier molecular flexibility index (Phi) is 5.35. The number of aromatic nitrogens is 2. The molecule has 0 aliphatic rings. The van der Waals surface area contributed by atoms with E-state index in [1.54, 1.807) is 0 Å². The van der Waals surface area contributed by atoms with Gasteiger partial charge in [-0.3, -0.25) is 0 Å². The van der Waals surface area contributed by atoms with Crippen LogP contribution in [0.1, 0.15) is 44.4 Å². The Morgan fingerprint density at radius 1 is 1.30 bits per heavy atom. The number of benzene rings is 1. The molecule has 1 heterocycles. The van der Waals surface area contributed by atoms with Crippen molar-refractivity contribution < 1.29 is 4.74 Å². The maximum Gasteiger partial charge on any atom is 0.136 e. The van der Waals surface area contributed by atoms with Crippen LogP contribution in [0.25, 0.3) is 0 Å². The molecule has 1 N–H and O–H groups in total. The van der Waals surface area contributed by atoms with Crippen molar-refractivity contribution in [2.75, 3.05) is 11.9 Å². The van der Waals surface area contributed by atoms with Crippen LogP contribution in [0.15, 0.2) is 24.3 Å². The molecule has 1 aromatic heterocycles. The summed E-state index contributed by atoms with van der Waals surface area (Å²) in [4.78, 5) is 0. The van der Waals surface area contributed by atoms with Gasteiger partial charge in [0, 0.05) is 18.1 Å². The highest BCUT2D eigenvalue weighted by molar-refractivity contribution is 7.10. The summed E-state index contributed by atoms with van der Waals surface area (Å²) in [6, 6.07) is 8.22. The summed E-state index contributed by atoms with van der Waals surface area (Å²) >= 11 is 1.37. The molecule has 0 saturated carbocycles. The lowest BCUT2D eigenvalue weighted by atomic mass is 9.98. The summed E-state index contributed by atoms with van der Waals surface area (Å²) in [5, 5.41) is 8.37. The fourth-order valence-corrected chi connectivity index (χ4v) is 2.62. The number of nitrogens with one attached hydrogen (secondary N) is 1. The molecule has 0 saturated heterocycles. The van der Waals surface area contributed by atoms with Gasteiger partial charge in [-0.25, -0.2) is 0 Å². The Bertz CT molecular complexity index is 541. The second-order valence-corrected chi connectivity index (χ2v) is 5.47. The minimum Gasteiger partial charge on any atom is -0.487 e. The molecule has 0 aliphatic heterocycles. The van der Waals surface area contributed by atoms with Crippen molar-refractivity contribution in [3.05, 3.63) is 35.5 Å². The zero-order valence-corrected chi connectivity index (χ0v) is 13.0. The number of hydrogen-bond acceptors (Lipinski definition) is 5. The van der Waals surface area contributed by atoms with Gasteiger partial charge in [0.05, 0.1) is 0 Å². The van der Waals surface area contributed by atoms with Crippen LogP contribution in [-0.4, -0.2) is 16.1 Å². The Balaban J connectivity index is 2.09. The third-order valence-corrected chi connectivity index (χ3v) is 4.05. The van der Waals surface area contributed by atoms with E-state index >= 15 is 0 Å². The number of ether oxygens (including phenoxy) is 1. The summed E-state index contributed by atoms with van der Waals surface area (Å²) < 4.78 is 9.93. The van der Waals surface area contributed by atoms with E-state index in [9.17, 15) is 0 Å². The lowest BCUT2D eigenvalue weighted by molar-refractivity contribution is 0.297. The van der Waals surface area contributed by atoms with Crippen LogP contribution >= 0.6 is 11.5 Å². The van der Waals surface area contributed by atoms with Gasteiger partial charge in [0.2, 0.25) is 0 Å². The Morgan fingerprint density at radius 3 is 2.85 bits per heavy atom. The second-order valence-electron chi connectivity index (χ2n) is 4.71. The monoisotopic (exact) mass is 291 g/mol. The minimum absolute atomic E-state index is 0.451. The average molecular weight is 291 g/mol. The summed E-state index contributed by atoms with van der Waals surface area (Å²) in [6.07, 6.45) is 1.10. The Labute approximate surface area is 124 Å². The van der Waals surface area contributed by atoms with E-state index in [0.717, 1.165) is 29.4 Å². The molecule has 0 aliphatic carbocycles. The summed E-state index contributed by atoms with van der Waals surface area (Å²) in [5.74, 6) is 1.44. The van der Waals surface area contributed by atoms with E-state index in [1.807, 2.05) is 12.1 Å². The van der Waals surface area contributed by atoms with Crippen LogP contribution in [0, 0.1) is 0 Å². The molecule has 0 fully saturated rings. The number of anilines is 1. The topological polar surface area (TPSA) is 47.0 Å². The molecule has 0 bridgehead atoms. The maximum atomic E-state index is 5.96. The standard InChI is InChI=1S/C15H21N3OS/c1-4-11(3)12-8-6-7-9-14(12)19-10-13-15(16-5-2)20-18-17-13/h6-9,11,16H,4-5,10H2,1-3H3. The first-order valence-electron chi connectivity index (χ1n) is 7.03. The first kappa shape index (κ1) is 14.8. The van der Waals surface area contributed by atoms with Crippen LogP contribution in [0.5, 0.6) is 5.75 Å². The highest BCUT2D eigenvalue weighted by atomic mass is 32.1. The van der Waals surface area contributed by atoms with Crippen molar-refractivity contribution in [3.63, 3.8) is 0 Å². The van der Waals surface area contributed by atoms with Crippen molar-refractivity contribution in [2.24, 2.45) is 0 Å². The largest absolute Gasteiger partial charge is 0.487 e. The van der Waals surface area contributed by atoms with Crippen LogP contribution in [0.4, 0.5) is 5.00 Å². The van der Waals surface area contributed by atoms with E-state index in [1.165, 1.54) is 17.1 Å². The highest BCUT2D eigenvalue weighted by Crippen LogP contribution is 2.29. The Morgan fingerprint density at radius 2 is 2.10 bits per heavy atom. The first-order valence-corrected chi connectivity index (χ1v) is 7.80. The SMILES string of the molecule is CCNc1snnc1COc1ccccc1C(C)CC. The minimum atomic E-state index is 0.451. The van der Waals surface area contributed by atoms with Crippen molar-refractivity contribution in [1.29, 1.82) is 0 Å². The lowest BCUT2D eigenvalue weighted by Crippen LogP contribution is -2.04. The van der Waals surface area contributed by atoms with Gasteiger partial charge in [-0.15, -0.1) is 5.10 Å². The van der Waals surface area contributed by atoms with E-state index in [-0.39, 0.29) is 0 Å². The fourth-order valence-electron chi connectivity index (χ4n) is 1.98. The zero-order valence-electron chi connectivity index (χ0n) is 12.2. The third-order valence-electron chi connectivity index (χ3n) is 3.32. The van der Waals surface area contributed by atoms with E-state index in [4.69, 9.17) is 4.74 Å². The molecule has 0 spiro atoms. The van der Waals surface area contributed by atoms with Crippen LogP contribution < -0.4 is 10.1 Å². The molecular weight excluding hydrogens is 270 g/mol. The average Bonchev–Trinajstić information content (AvgIpc) is 2.92. The summed E-state index contributed by atoms with van der Waals surface area (Å²) in [7, 11) is 0. The molecule has 2 rings (SSSR count). The van der Waals surface area contributed by atoms with E-state index in [0.29, 0.717) is 12.5 Å². The third kappa shape index (κ3) is 3.48. The van der Waals surface area contributed by atoms with Gasteiger partial charge in [0.15, 0.2) is 0 Å². The normalized spacial score (nSPS) is 12.2. The number of rotatable bonds is 7. The predicted octanol–water partition coefficient (Wildman–Crippen LogP) is 4.06. The lowest BCUT2D eigenvalue weighted by Gasteiger charge is -2.15. The van der Waals surface area contributed by atoms with Crippen molar-refractivity contribution >= 4 is 16.5 Å². The van der Waals surface area contributed by atoms with Crippen molar-refractivity contribution in [2.45, 2.75) is 39.7 Å². The van der Waals surface area contributed by atoms with E-state index < -0.39 is 0 Å². The molecule has 1 aromatic carbocycles. The maximum absolute atomic E-state index is 5.96.